The molecule has 3 nitrogen and oxygen atoms in total. The predicted octanol–water partition coefficient (Wildman–Crippen LogP) is 1.69. The number of carbonyl (C=O) groups is 1. The van der Waals surface area contributed by atoms with Gasteiger partial charge in [0.15, 0.2) is 0 Å². The van der Waals surface area contributed by atoms with Crippen molar-refractivity contribution in [3.05, 3.63) is 35.4 Å². The maximum atomic E-state index is 12.0. The number of amides is 1. The molecular formula is C13H13NO2. The summed E-state index contributed by atoms with van der Waals surface area (Å²) in [6.07, 6.45) is 3.07. The second kappa shape index (κ2) is 3.67. The number of hydrogen-bond acceptors (Lipinski definition) is 2. The summed E-state index contributed by atoms with van der Waals surface area (Å²) in [5.74, 6) is 0.989. The van der Waals surface area contributed by atoms with E-state index in [2.05, 4.69) is 0 Å². The van der Waals surface area contributed by atoms with E-state index in [1.807, 2.05) is 35.2 Å². The van der Waals surface area contributed by atoms with Crippen LogP contribution in [0.25, 0.3) is 6.08 Å². The fraction of sp³-hybridized carbons (Fsp3) is 0.308. The third-order valence-corrected chi connectivity index (χ3v) is 3.05. The molecule has 2 heterocycles. The number of nitrogens with zero attached hydrogens (tertiary/aromatic N) is 1. The van der Waals surface area contributed by atoms with Crippen LogP contribution in [0.3, 0.4) is 0 Å². The highest BCUT2D eigenvalue weighted by molar-refractivity contribution is 5.99. The minimum Gasteiger partial charge on any atom is -0.488 e. The molecule has 1 amide bonds. The molecule has 3 heteroatoms. The zero-order chi connectivity index (χ0) is 11.0. The van der Waals surface area contributed by atoms with Crippen LogP contribution in [0.5, 0.6) is 5.75 Å². The van der Waals surface area contributed by atoms with Crippen molar-refractivity contribution in [2.24, 2.45) is 0 Å². The first-order chi connectivity index (χ1) is 7.84. The Kier molecular flexibility index (Phi) is 2.17. The highest BCUT2D eigenvalue weighted by atomic mass is 16.5. The van der Waals surface area contributed by atoms with Gasteiger partial charge in [-0.15, -0.1) is 0 Å². The fourth-order valence-electron chi connectivity index (χ4n) is 1.96. The van der Waals surface area contributed by atoms with Crippen LogP contribution < -0.4 is 4.74 Å². The van der Waals surface area contributed by atoms with Gasteiger partial charge in [0.05, 0.1) is 5.57 Å². The molecule has 82 valence electrons. The third kappa shape index (κ3) is 1.48. The Labute approximate surface area is 94.3 Å². The highest BCUT2D eigenvalue weighted by Crippen LogP contribution is 2.27. The van der Waals surface area contributed by atoms with Crippen molar-refractivity contribution in [2.45, 2.75) is 6.42 Å². The summed E-state index contributed by atoms with van der Waals surface area (Å²) in [6.45, 7) is 2.17. The first-order valence-corrected chi connectivity index (χ1v) is 5.56. The van der Waals surface area contributed by atoms with Gasteiger partial charge < -0.3 is 9.64 Å². The average Bonchev–Trinajstić information content (AvgIpc) is 2.26. The standard InChI is InChI=1S/C13H13NO2/c15-13(14-6-3-7-14)11-8-10-4-1-2-5-12(10)16-9-11/h1-2,4-5,8H,3,6-7,9H2. The van der Waals surface area contributed by atoms with Crippen molar-refractivity contribution in [3.63, 3.8) is 0 Å². The summed E-state index contributed by atoms with van der Waals surface area (Å²) in [5, 5.41) is 0. The summed E-state index contributed by atoms with van der Waals surface area (Å²) in [4.78, 5) is 13.8. The Morgan fingerprint density at radius 2 is 2.06 bits per heavy atom. The molecule has 0 aromatic heterocycles. The van der Waals surface area contributed by atoms with Crippen LogP contribution in [0.2, 0.25) is 0 Å². The Hall–Kier alpha value is -1.77. The summed E-state index contributed by atoms with van der Waals surface area (Å²) in [7, 11) is 0. The molecule has 3 rings (SSSR count). The lowest BCUT2D eigenvalue weighted by Crippen LogP contribution is -2.43. The minimum atomic E-state index is 0.126. The van der Waals surface area contributed by atoms with Crippen LogP contribution in [-0.2, 0) is 4.79 Å². The molecule has 2 aliphatic rings. The van der Waals surface area contributed by atoms with E-state index in [1.54, 1.807) is 0 Å². The molecule has 0 radical (unpaired) electrons. The van der Waals surface area contributed by atoms with Gasteiger partial charge in [-0.2, -0.15) is 0 Å². The van der Waals surface area contributed by atoms with Gasteiger partial charge >= 0.3 is 0 Å². The lowest BCUT2D eigenvalue weighted by atomic mass is 10.1. The molecule has 0 bridgehead atoms. The molecule has 0 aliphatic carbocycles. The van der Waals surface area contributed by atoms with E-state index in [0.29, 0.717) is 6.61 Å². The van der Waals surface area contributed by atoms with Crippen LogP contribution >= 0.6 is 0 Å². The quantitative estimate of drug-likeness (QED) is 0.713. The van der Waals surface area contributed by atoms with Gasteiger partial charge in [-0.05, 0) is 18.6 Å². The van der Waals surface area contributed by atoms with Gasteiger partial charge in [0.25, 0.3) is 5.91 Å². The minimum absolute atomic E-state index is 0.126. The molecule has 0 N–H and O–H groups in total. The van der Waals surface area contributed by atoms with E-state index in [9.17, 15) is 4.79 Å². The first kappa shape index (κ1) is 9.46. The van der Waals surface area contributed by atoms with Crippen molar-refractivity contribution in [2.75, 3.05) is 19.7 Å². The van der Waals surface area contributed by atoms with Crippen LogP contribution in [0.15, 0.2) is 29.8 Å². The van der Waals surface area contributed by atoms with Crippen LogP contribution in [0.1, 0.15) is 12.0 Å². The number of fused-ring (bicyclic) bond motifs is 1. The van der Waals surface area contributed by atoms with Crippen molar-refractivity contribution >= 4 is 12.0 Å². The number of hydrogen-bond donors (Lipinski definition) is 0. The van der Waals surface area contributed by atoms with E-state index in [-0.39, 0.29) is 5.91 Å². The Bertz CT molecular complexity index is 461. The van der Waals surface area contributed by atoms with Gasteiger partial charge in [0.1, 0.15) is 12.4 Å². The zero-order valence-corrected chi connectivity index (χ0v) is 8.98. The van der Waals surface area contributed by atoms with Gasteiger partial charge in [0.2, 0.25) is 0 Å². The largest absolute Gasteiger partial charge is 0.488 e. The number of benzene rings is 1. The van der Waals surface area contributed by atoms with Crippen molar-refractivity contribution < 1.29 is 9.53 Å². The number of rotatable bonds is 1. The lowest BCUT2D eigenvalue weighted by molar-refractivity contribution is -0.130. The SMILES string of the molecule is O=C(C1=Cc2ccccc2OC1)N1CCC1. The third-order valence-electron chi connectivity index (χ3n) is 3.05. The van der Waals surface area contributed by atoms with Crippen LogP contribution in [-0.4, -0.2) is 30.5 Å². The molecule has 0 spiro atoms. The van der Waals surface area contributed by atoms with Gasteiger partial charge in [-0.3, -0.25) is 4.79 Å². The molecule has 1 aromatic rings. The van der Waals surface area contributed by atoms with Crippen LogP contribution in [0.4, 0.5) is 0 Å². The fourth-order valence-corrected chi connectivity index (χ4v) is 1.96. The van der Waals surface area contributed by atoms with E-state index >= 15 is 0 Å². The number of carbonyl (C=O) groups excluding carboxylic acids is 1. The summed E-state index contributed by atoms with van der Waals surface area (Å²) in [5.41, 5.74) is 1.76. The second-order valence-electron chi connectivity index (χ2n) is 4.14. The zero-order valence-electron chi connectivity index (χ0n) is 8.98. The molecule has 2 aliphatic heterocycles. The molecular weight excluding hydrogens is 202 g/mol. The average molecular weight is 215 g/mol. The maximum absolute atomic E-state index is 12.0. The monoisotopic (exact) mass is 215 g/mol. The first-order valence-electron chi connectivity index (χ1n) is 5.56. The smallest absolute Gasteiger partial charge is 0.253 e. The van der Waals surface area contributed by atoms with Crippen molar-refractivity contribution in [3.8, 4) is 5.75 Å². The number of ether oxygens (including phenoxy) is 1. The topological polar surface area (TPSA) is 29.5 Å². The highest BCUT2D eigenvalue weighted by Gasteiger charge is 2.25. The molecule has 16 heavy (non-hydrogen) atoms. The molecule has 1 fully saturated rings. The summed E-state index contributed by atoms with van der Waals surface area (Å²) >= 11 is 0. The van der Waals surface area contributed by atoms with E-state index in [1.165, 1.54) is 0 Å². The van der Waals surface area contributed by atoms with Crippen molar-refractivity contribution in [1.29, 1.82) is 0 Å². The normalized spacial score (nSPS) is 18.0. The predicted molar refractivity (Wildman–Crippen MR) is 61.1 cm³/mol. The van der Waals surface area contributed by atoms with Crippen LogP contribution in [0, 0.1) is 0 Å². The summed E-state index contributed by atoms with van der Waals surface area (Å²) in [6, 6.07) is 7.79. The second-order valence-corrected chi connectivity index (χ2v) is 4.14. The molecule has 1 aromatic carbocycles. The Balaban J connectivity index is 1.88. The molecule has 1 saturated heterocycles. The maximum Gasteiger partial charge on any atom is 0.253 e. The molecule has 0 atom stereocenters. The van der Waals surface area contributed by atoms with Gasteiger partial charge in [-0.25, -0.2) is 0 Å². The van der Waals surface area contributed by atoms with E-state index in [4.69, 9.17) is 4.74 Å². The molecule has 0 unspecified atom stereocenters. The van der Waals surface area contributed by atoms with Crippen molar-refractivity contribution in [1.82, 2.24) is 4.90 Å². The Morgan fingerprint density at radius 1 is 1.25 bits per heavy atom. The number of likely N-dealkylation sites (tertiary alicyclic amines) is 1. The van der Waals surface area contributed by atoms with Gasteiger partial charge in [0, 0.05) is 18.7 Å². The van der Waals surface area contributed by atoms with E-state index < -0.39 is 0 Å². The van der Waals surface area contributed by atoms with E-state index in [0.717, 1.165) is 36.4 Å². The lowest BCUT2D eigenvalue weighted by Gasteiger charge is -2.32. The number of para-hydroxylation sites is 1. The Morgan fingerprint density at radius 3 is 2.81 bits per heavy atom. The molecule has 0 saturated carbocycles. The van der Waals surface area contributed by atoms with Gasteiger partial charge in [-0.1, -0.05) is 18.2 Å². The summed E-state index contributed by atoms with van der Waals surface area (Å²) < 4.78 is 5.56.